The zero-order valence-corrected chi connectivity index (χ0v) is 28.4. The quantitative estimate of drug-likeness (QED) is 0.178. The van der Waals surface area contributed by atoms with Gasteiger partial charge in [-0.2, -0.15) is 0 Å². The Morgan fingerprint density at radius 2 is 1.46 bits per heavy atom. The van der Waals surface area contributed by atoms with Crippen LogP contribution in [0.15, 0.2) is 108 Å². The predicted octanol–water partition coefficient (Wildman–Crippen LogP) is 6.75. The Kier molecular flexibility index (Phi) is 11.4. The van der Waals surface area contributed by atoms with E-state index in [2.05, 4.69) is 5.32 Å². The molecule has 11 heteroatoms. The average molecular weight is 683 g/mol. The second-order valence-electron chi connectivity index (χ2n) is 11.7. The minimum atomic E-state index is -4.27. The Bertz CT molecular complexity index is 1760. The summed E-state index contributed by atoms with van der Waals surface area (Å²) in [4.78, 5) is 29.9. The molecule has 46 heavy (non-hydrogen) atoms. The summed E-state index contributed by atoms with van der Waals surface area (Å²) in [6.07, 6.45) is 0.179. The van der Waals surface area contributed by atoms with Crippen LogP contribution < -0.4 is 14.4 Å². The molecule has 0 saturated carbocycles. The third-order valence-corrected chi connectivity index (χ3v) is 9.55. The lowest BCUT2D eigenvalue weighted by atomic mass is 10.0. The number of carbonyl (C=O) groups is 2. The number of methoxy groups -OCH3 is 1. The highest BCUT2D eigenvalue weighted by atomic mass is 35.5. The number of ether oxygens (including phenoxy) is 1. The fraction of sp³-hybridized carbons (Fsp3) is 0.257. The van der Waals surface area contributed by atoms with Crippen molar-refractivity contribution in [2.45, 2.75) is 50.2 Å². The first-order valence-corrected chi connectivity index (χ1v) is 16.8. The van der Waals surface area contributed by atoms with Crippen molar-refractivity contribution in [3.05, 3.63) is 124 Å². The fourth-order valence-electron chi connectivity index (χ4n) is 4.88. The highest BCUT2D eigenvalue weighted by Gasteiger charge is 2.36. The fourth-order valence-corrected chi connectivity index (χ4v) is 6.75. The lowest BCUT2D eigenvalue weighted by Crippen LogP contribution is -2.56. The van der Waals surface area contributed by atoms with Crippen molar-refractivity contribution in [3.8, 4) is 5.75 Å². The molecule has 242 valence electrons. The van der Waals surface area contributed by atoms with Crippen molar-refractivity contribution >= 4 is 50.7 Å². The molecular weight excluding hydrogens is 645 g/mol. The summed E-state index contributed by atoms with van der Waals surface area (Å²) < 4.78 is 34.5. The van der Waals surface area contributed by atoms with Gasteiger partial charge in [0.1, 0.15) is 18.3 Å². The van der Waals surface area contributed by atoms with Gasteiger partial charge in [-0.15, -0.1) is 0 Å². The molecule has 4 rings (SSSR count). The number of anilines is 1. The summed E-state index contributed by atoms with van der Waals surface area (Å²) in [5.41, 5.74) is 0.973. The normalized spacial score (nSPS) is 12.2. The minimum Gasteiger partial charge on any atom is -0.495 e. The van der Waals surface area contributed by atoms with Gasteiger partial charge in [-0.05, 0) is 68.3 Å². The molecule has 1 unspecified atom stereocenters. The zero-order valence-electron chi connectivity index (χ0n) is 26.1. The zero-order chi connectivity index (χ0) is 33.5. The van der Waals surface area contributed by atoms with Crippen molar-refractivity contribution < 1.29 is 22.7 Å². The first-order valence-electron chi connectivity index (χ1n) is 14.6. The van der Waals surface area contributed by atoms with Gasteiger partial charge < -0.3 is 15.0 Å². The van der Waals surface area contributed by atoms with Gasteiger partial charge in [0.05, 0.1) is 22.7 Å². The third kappa shape index (κ3) is 8.81. The van der Waals surface area contributed by atoms with Gasteiger partial charge in [0.2, 0.25) is 11.8 Å². The van der Waals surface area contributed by atoms with Crippen molar-refractivity contribution in [3.63, 3.8) is 0 Å². The van der Waals surface area contributed by atoms with Gasteiger partial charge in [0.15, 0.2) is 0 Å². The number of benzene rings is 4. The Morgan fingerprint density at radius 3 is 2.04 bits per heavy atom. The number of halogens is 2. The van der Waals surface area contributed by atoms with E-state index in [1.807, 2.05) is 51.1 Å². The van der Waals surface area contributed by atoms with E-state index >= 15 is 0 Å². The smallest absolute Gasteiger partial charge is 0.264 e. The van der Waals surface area contributed by atoms with E-state index in [0.717, 1.165) is 9.87 Å². The van der Waals surface area contributed by atoms with E-state index in [0.29, 0.717) is 16.3 Å². The SMILES string of the molecule is COc1ccc(N(CC(=O)N(Cc2ccccc2Cl)C(Cc2ccccc2)C(=O)NC(C)(C)C)S(=O)(=O)c2ccccc2)cc1Cl. The molecule has 0 aliphatic rings. The molecule has 4 aromatic rings. The molecule has 0 aromatic heterocycles. The third-order valence-electron chi connectivity index (χ3n) is 7.10. The van der Waals surface area contributed by atoms with Gasteiger partial charge in [-0.1, -0.05) is 89.9 Å². The molecule has 0 spiro atoms. The molecule has 0 bridgehead atoms. The lowest BCUT2D eigenvalue weighted by Gasteiger charge is -2.35. The maximum Gasteiger partial charge on any atom is 0.264 e. The molecule has 0 radical (unpaired) electrons. The minimum absolute atomic E-state index is 0.0151. The van der Waals surface area contributed by atoms with Crippen LogP contribution in [0.4, 0.5) is 5.69 Å². The van der Waals surface area contributed by atoms with Gasteiger partial charge in [-0.25, -0.2) is 8.42 Å². The number of sulfonamides is 1. The first-order chi connectivity index (χ1) is 21.8. The van der Waals surface area contributed by atoms with Crippen molar-refractivity contribution in [2.75, 3.05) is 18.0 Å². The predicted molar refractivity (Wildman–Crippen MR) is 183 cm³/mol. The van der Waals surface area contributed by atoms with Crippen LogP contribution >= 0.6 is 23.2 Å². The molecule has 0 saturated heterocycles. The summed E-state index contributed by atoms with van der Waals surface area (Å²) in [5, 5.41) is 3.58. The maximum atomic E-state index is 14.6. The molecule has 0 aliphatic carbocycles. The van der Waals surface area contributed by atoms with Crippen molar-refractivity contribution in [1.29, 1.82) is 0 Å². The van der Waals surface area contributed by atoms with Crippen LogP contribution in [0.5, 0.6) is 5.75 Å². The van der Waals surface area contributed by atoms with Crippen molar-refractivity contribution in [2.24, 2.45) is 0 Å². The second-order valence-corrected chi connectivity index (χ2v) is 14.4. The molecule has 0 aliphatic heterocycles. The number of nitrogens with zero attached hydrogens (tertiary/aromatic N) is 2. The second kappa shape index (κ2) is 15.0. The van der Waals surface area contributed by atoms with E-state index in [9.17, 15) is 18.0 Å². The van der Waals surface area contributed by atoms with Crippen LogP contribution in [-0.4, -0.2) is 50.4 Å². The Labute approximate surface area is 280 Å². The largest absolute Gasteiger partial charge is 0.495 e. The van der Waals surface area contributed by atoms with E-state index in [-0.39, 0.29) is 34.5 Å². The first kappa shape index (κ1) is 34.8. The summed E-state index contributed by atoms with van der Waals surface area (Å²) in [5.74, 6) is -0.658. The molecule has 8 nitrogen and oxygen atoms in total. The number of hydrogen-bond donors (Lipinski definition) is 1. The van der Waals surface area contributed by atoms with Crippen LogP contribution in [0.25, 0.3) is 0 Å². The summed E-state index contributed by atoms with van der Waals surface area (Å²) in [6, 6.07) is 27.6. The topological polar surface area (TPSA) is 96.0 Å². The highest BCUT2D eigenvalue weighted by molar-refractivity contribution is 7.92. The van der Waals surface area contributed by atoms with Gasteiger partial charge >= 0.3 is 0 Å². The summed E-state index contributed by atoms with van der Waals surface area (Å²) >= 11 is 13.0. The van der Waals surface area contributed by atoms with Gasteiger partial charge in [0, 0.05) is 23.5 Å². The molecule has 0 fully saturated rings. The van der Waals surface area contributed by atoms with E-state index in [1.165, 1.54) is 42.3 Å². The van der Waals surface area contributed by atoms with Crippen LogP contribution in [0.1, 0.15) is 31.9 Å². The van der Waals surface area contributed by atoms with Crippen LogP contribution in [0, 0.1) is 0 Å². The molecule has 0 heterocycles. The van der Waals surface area contributed by atoms with E-state index in [1.54, 1.807) is 42.5 Å². The lowest BCUT2D eigenvalue weighted by molar-refractivity contribution is -0.140. The number of nitrogens with one attached hydrogen (secondary N) is 1. The highest BCUT2D eigenvalue weighted by Crippen LogP contribution is 2.32. The average Bonchev–Trinajstić information content (AvgIpc) is 3.02. The Balaban J connectivity index is 1.84. The molecular formula is C35H37Cl2N3O5S. The summed E-state index contributed by atoms with van der Waals surface area (Å²) in [6.45, 7) is 4.89. The molecule has 1 N–H and O–H groups in total. The number of carbonyl (C=O) groups excluding carboxylic acids is 2. The number of hydrogen-bond acceptors (Lipinski definition) is 5. The molecule has 1 atom stereocenters. The molecule has 2 amide bonds. The van der Waals surface area contributed by atoms with Crippen LogP contribution in [0.2, 0.25) is 10.0 Å². The monoisotopic (exact) mass is 681 g/mol. The molecule has 4 aromatic carbocycles. The Hall–Kier alpha value is -4.05. The van der Waals surface area contributed by atoms with E-state index < -0.39 is 34.1 Å². The Morgan fingerprint density at radius 1 is 0.848 bits per heavy atom. The van der Waals surface area contributed by atoms with Crippen LogP contribution in [0.3, 0.4) is 0 Å². The maximum absolute atomic E-state index is 14.6. The number of rotatable bonds is 12. The van der Waals surface area contributed by atoms with Gasteiger partial charge in [-0.3, -0.25) is 13.9 Å². The van der Waals surface area contributed by atoms with Crippen molar-refractivity contribution in [1.82, 2.24) is 10.2 Å². The summed E-state index contributed by atoms with van der Waals surface area (Å²) in [7, 11) is -2.82. The standard InChI is InChI=1S/C35H37Cl2N3O5S/c1-35(2,3)38-34(42)31(21-25-13-7-5-8-14-25)39(23-26-15-11-12-18-29(26)36)33(41)24-40(27-19-20-32(45-4)30(37)22-27)46(43,44)28-16-9-6-10-17-28/h5-20,22,31H,21,23-24H2,1-4H3,(H,38,42). The van der Waals surface area contributed by atoms with Crippen LogP contribution in [-0.2, 0) is 32.6 Å². The number of amides is 2. The van der Waals surface area contributed by atoms with Gasteiger partial charge in [0.25, 0.3) is 10.0 Å². The van der Waals surface area contributed by atoms with E-state index in [4.69, 9.17) is 27.9 Å².